The van der Waals surface area contributed by atoms with Gasteiger partial charge in [0, 0.05) is 24.9 Å². The normalized spacial score (nSPS) is 23.6. The first-order valence-corrected chi connectivity index (χ1v) is 14.3. The molecule has 2 bridgehead atoms. The second-order valence-corrected chi connectivity index (χ2v) is 12.7. The summed E-state index contributed by atoms with van der Waals surface area (Å²) >= 11 is 6.42. The second kappa shape index (κ2) is 9.70. The van der Waals surface area contributed by atoms with Crippen LogP contribution in [0.3, 0.4) is 0 Å². The molecule has 3 atom stereocenters. The Hall–Kier alpha value is -2.59. The summed E-state index contributed by atoms with van der Waals surface area (Å²) in [5, 5.41) is 3.19. The third-order valence-corrected chi connectivity index (χ3v) is 9.61. The van der Waals surface area contributed by atoms with Crippen molar-refractivity contribution in [2.75, 3.05) is 5.32 Å². The molecule has 1 saturated carbocycles. The number of amides is 1. The number of benzene rings is 1. The van der Waals surface area contributed by atoms with E-state index in [1.54, 1.807) is 12.1 Å². The lowest BCUT2D eigenvalue weighted by Gasteiger charge is -2.38. The van der Waals surface area contributed by atoms with E-state index in [-0.39, 0.29) is 40.5 Å². The molecule has 3 heterocycles. The number of carbonyl (C=O) groups is 1. The highest BCUT2D eigenvalue weighted by molar-refractivity contribution is 7.92. The molecule has 9 nitrogen and oxygen atoms in total. The third kappa shape index (κ3) is 4.98. The number of carbonyl (C=O) groups excluding carboxylic acids is 1. The van der Waals surface area contributed by atoms with E-state index in [9.17, 15) is 13.2 Å². The second-order valence-electron chi connectivity index (χ2n) is 10.1. The van der Waals surface area contributed by atoms with Crippen LogP contribution in [-0.4, -0.2) is 58.9 Å². The van der Waals surface area contributed by atoms with Crippen LogP contribution in [0.2, 0.25) is 5.02 Å². The lowest BCUT2D eigenvalue weighted by molar-refractivity contribution is 0.0207. The van der Waals surface area contributed by atoms with Crippen molar-refractivity contribution in [1.29, 1.82) is 0 Å². The van der Waals surface area contributed by atoms with Gasteiger partial charge in [-0.15, -0.1) is 0 Å². The van der Waals surface area contributed by atoms with Crippen molar-refractivity contribution in [1.82, 2.24) is 14.9 Å². The highest BCUT2D eigenvalue weighted by atomic mass is 35.5. The van der Waals surface area contributed by atoms with Gasteiger partial charge >= 0.3 is 6.09 Å². The minimum atomic E-state index is -3.32. The van der Waals surface area contributed by atoms with Crippen molar-refractivity contribution in [3.63, 3.8) is 0 Å². The quantitative estimate of drug-likeness (QED) is 0.526. The zero-order chi connectivity index (χ0) is 25.6. The summed E-state index contributed by atoms with van der Waals surface area (Å²) in [4.78, 5) is 23.3. The van der Waals surface area contributed by atoms with Crippen LogP contribution >= 0.6 is 11.6 Å². The van der Waals surface area contributed by atoms with Gasteiger partial charge in [0.1, 0.15) is 18.2 Å². The molecule has 1 amide bonds. The monoisotopic (exact) mass is 534 g/mol. The number of rotatable bonds is 7. The van der Waals surface area contributed by atoms with Crippen LogP contribution in [0.4, 0.5) is 16.3 Å². The van der Waals surface area contributed by atoms with E-state index in [1.807, 2.05) is 25.7 Å². The molecule has 1 N–H and O–H groups in total. The molecule has 0 spiro atoms. The number of nitrogens with one attached hydrogen (secondary N) is 1. The SMILES string of the molecule is Cc1c(Nc2ccc(S(=O)(=O)C3CC3)cc2Cl)ncnc1O[C@H]1CC2CC[C@@H](C1)N2C(=O)OC(C)C. The average Bonchev–Trinajstić information content (AvgIpc) is 3.63. The maximum atomic E-state index is 12.5. The summed E-state index contributed by atoms with van der Waals surface area (Å²) in [5.74, 6) is 1.000. The Bertz CT molecular complexity index is 1250. The molecular weight excluding hydrogens is 504 g/mol. The van der Waals surface area contributed by atoms with Crippen LogP contribution in [0.5, 0.6) is 5.88 Å². The maximum absolute atomic E-state index is 12.5. The summed E-state index contributed by atoms with van der Waals surface area (Å²) in [5.41, 5.74) is 1.27. The molecular formula is C25H31ClN4O5S. The first kappa shape index (κ1) is 25.1. The molecule has 2 aromatic rings. The molecule has 1 unspecified atom stereocenters. The number of anilines is 2. The molecule has 0 radical (unpaired) electrons. The van der Waals surface area contributed by atoms with Crippen LogP contribution in [0.25, 0.3) is 0 Å². The lowest BCUT2D eigenvalue weighted by Crippen LogP contribution is -2.50. The molecule has 2 saturated heterocycles. The van der Waals surface area contributed by atoms with Crippen LogP contribution < -0.4 is 10.1 Å². The fraction of sp³-hybridized carbons (Fsp3) is 0.560. The summed E-state index contributed by atoms with van der Waals surface area (Å²) in [6, 6.07) is 4.92. The number of sulfone groups is 1. The standard InChI is InChI=1S/C25H31ClN4O5S/c1-14(2)34-25(31)30-16-4-5-17(30)11-18(10-16)35-24-15(3)23(27-13-28-24)29-22-9-8-20(12-21(22)26)36(32,33)19-6-7-19/h8-9,12-14,16-19H,4-7,10-11H2,1-3H3,(H,27,28,29)/t16-,17?,18+/m0/s1. The Labute approximate surface area is 216 Å². The van der Waals surface area contributed by atoms with Gasteiger partial charge in [0.15, 0.2) is 9.84 Å². The van der Waals surface area contributed by atoms with E-state index in [0.29, 0.717) is 35.2 Å². The van der Waals surface area contributed by atoms with Gasteiger partial charge in [-0.05, 0) is 64.7 Å². The smallest absolute Gasteiger partial charge is 0.410 e. The number of aromatic nitrogens is 2. The van der Waals surface area contributed by atoms with E-state index in [2.05, 4.69) is 15.3 Å². The van der Waals surface area contributed by atoms with Gasteiger partial charge in [-0.2, -0.15) is 0 Å². The number of nitrogens with zero attached hydrogens (tertiary/aromatic N) is 3. The largest absolute Gasteiger partial charge is 0.474 e. The first-order valence-electron chi connectivity index (χ1n) is 12.4. The molecule has 2 aliphatic heterocycles. The number of halogens is 1. The van der Waals surface area contributed by atoms with Crippen molar-refractivity contribution in [3.05, 3.63) is 35.1 Å². The van der Waals surface area contributed by atoms with E-state index in [4.69, 9.17) is 21.1 Å². The average molecular weight is 535 g/mol. The minimum Gasteiger partial charge on any atom is -0.474 e. The molecule has 1 aromatic heterocycles. The molecule has 3 fully saturated rings. The number of ether oxygens (including phenoxy) is 2. The Morgan fingerprint density at radius 3 is 2.44 bits per heavy atom. The van der Waals surface area contributed by atoms with Crippen molar-refractivity contribution < 1.29 is 22.7 Å². The lowest BCUT2D eigenvalue weighted by atomic mass is 10.0. The number of piperidine rings is 1. The summed E-state index contributed by atoms with van der Waals surface area (Å²) in [6.45, 7) is 5.58. The van der Waals surface area contributed by atoms with Crippen molar-refractivity contribution in [2.24, 2.45) is 0 Å². The first-order chi connectivity index (χ1) is 17.1. The van der Waals surface area contributed by atoms with Crippen LogP contribution in [0.15, 0.2) is 29.4 Å². The zero-order valence-corrected chi connectivity index (χ0v) is 22.2. The molecule has 11 heteroatoms. The molecule has 5 rings (SSSR count). The number of hydrogen-bond donors (Lipinski definition) is 1. The Balaban J connectivity index is 1.27. The Kier molecular flexibility index (Phi) is 6.76. The third-order valence-electron chi connectivity index (χ3n) is 7.04. The summed E-state index contributed by atoms with van der Waals surface area (Å²) < 4.78 is 36.8. The molecule has 1 aliphatic carbocycles. The van der Waals surface area contributed by atoms with Gasteiger partial charge < -0.3 is 19.7 Å². The van der Waals surface area contributed by atoms with Gasteiger partial charge in [0.25, 0.3) is 0 Å². The van der Waals surface area contributed by atoms with Crippen LogP contribution in [0, 0.1) is 6.92 Å². The van der Waals surface area contributed by atoms with Crippen molar-refractivity contribution >= 4 is 39.0 Å². The fourth-order valence-electron chi connectivity index (χ4n) is 5.09. The van der Waals surface area contributed by atoms with E-state index >= 15 is 0 Å². The van der Waals surface area contributed by atoms with Crippen molar-refractivity contribution in [3.8, 4) is 5.88 Å². The topological polar surface area (TPSA) is 111 Å². The highest BCUT2D eigenvalue weighted by Crippen LogP contribution is 2.39. The van der Waals surface area contributed by atoms with Crippen LogP contribution in [-0.2, 0) is 14.6 Å². The predicted octanol–water partition coefficient (Wildman–Crippen LogP) is 5.04. The summed E-state index contributed by atoms with van der Waals surface area (Å²) in [6.07, 6.45) is 5.70. The number of fused-ring (bicyclic) bond motifs is 2. The van der Waals surface area contributed by atoms with Gasteiger partial charge in [-0.3, -0.25) is 0 Å². The van der Waals surface area contributed by atoms with E-state index in [0.717, 1.165) is 31.2 Å². The Morgan fingerprint density at radius 1 is 1.14 bits per heavy atom. The van der Waals surface area contributed by atoms with E-state index in [1.165, 1.54) is 12.4 Å². The predicted molar refractivity (Wildman–Crippen MR) is 136 cm³/mol. The fourth-order valence-corrected chi connectivity index (χ4v) is 7.07. The maximum Gasteiger partial charge on any atom is 0.410 e. The highest BCUT2D eigenvalue weighted by Gasteiger charge is 2.45. The Morgan fingerprint density at radius 2 is 1.83 bits per heavy atom. The van der Waals surface area contributed by atoms with Gasteiger partial charge in [-0.25, -0.2) is 23.2 Å². The minimum absolute atomic E-state index is 0.0671. The van der Waals surface area contributed by atoms with Gasteiger partial charge in [0.2, 0.25) is 5.88 Å². The zero-order valence-electron chi connectivity index (χ0n) is 20.6. The molecule has 194 valence electrons. The van der Waals surface area contributed by atoms with Gasteiger partial charge in [0.05, 0.1) is 32.5 Å². The van der Waals surface area contributed by atoms with Crippen LogP contribution in [0.1, 0.15) is 57.9 Å². The number of hydrogen-bond acceptors (Lipinski definition) is 8. The summed E-state index contributed by atoms with van der Waals surface area (Å²) in [7, 11) is -3.32. The van der Waals surface area contributed by atoms with Crippen molar-refractivity contribution in [2.45, 2.75) is 93.7 Å². The molecule has 36 heavy (non-hydrogen) atoms. The molecule has 3 aliphatic rings. The molecule has 1 aromatic carbocycles. The van der Waals surface area contributed by atoms with E-state index < -0.39 is 9.84 Å². The van der Waals surface area contributed by atoms with Gasteiger partial charge in [-0.1, -0.05) is 11.6 Å².